The maximum absolute atomic E-state index is 13.9. The van der Waals surface area contributed by atoms with E-state index in [1.807, 2.05) is 0 Å². The van der Waals surface area contributed by atoms with Crippen LogP contribution in [0.2, 0.25) is 0 Å². The molecule has 1 unspecified atom stereocenters. The summed E-state index contributed by atoms with van der Waals surface area (Å²) in [4.78, 5) is 0. The molecule has 0 aliphatic heterocycles. The van der Waals surface area contributed by atoms with Crippen LogP contribution in [0, 0.1) is 11.2 Å². The van der Waals surface area contributed by atoms with Crippen LogP contribution in [0.3, 0.4) is 0 Å². The molecule has 1 aromatic carbocycles. The van der Waals surface area contributed by atoms with Crippen LogP contribution < -0.4 is 5.73 Å². The maximum atomic E-state index is 13.9. The molecule has 0 bridgehead atoms. The molecular formula is C11H15F2N. The fourth-order valence-electron chi connectivity index (χ4n) is 1.21. The molecule has 2 N–H and O–H groups in total. The molecule has 0 aliphatic carbocycles. The highest BCUT2D eigenvalue weighted by Gasteiger charge is 2.31. The minimum atomic E-state index is -1.37. The molecule has 78 valence electrons. The summed E-state index contributed by atoms with van der Waals surface area (Å²) in [6, 6.07) is 5.88. The van der Waals surface area contributed by atoms with Gasteiger partial charge in [0.25, 0.3) is 0 Å². The minimum Gasteiger partial charge on any atom is -0.330 e. The zero-order valence-corrected chi connectivity index (χ0v) is 8.43. The van der Waals surface area contributed by atoms with Crippen molar-refractivity contribution < 1.29 is 8.78 Å². The van der Waals surface area contributed by atoms with Gasteiger partial charge in [-0.05, 0) is 6.07 Å². The molecule has 1 nitrogen and oxygen atoms in total. The summed E-state index contributed by atoms with van der Waals surface area (Å²) >= 11 is 0. The quantitative estimate of drug-likeness (QED) is 0.795. The number of hydrogen-bond donors (Lipinski definition) is 1. The average molecular weight is 199 g/mol. The molecule has 0 saturated heterocycles. The molecule has 0 spiro atoms. The SMILES string of the molecule is CC(C)(CN)C(F)c1ccccc1F. The minimum absolute atomic E-state index is 0.0861. The lowest BCUT2D eigenvalue weighted by atomic mass is 9.84. The fraction of sp³-hybridized carbons (Fsp3) is 0.455. The van der Waals surface area contributed by atoms with E-state index in [0.29, 0.717) is 0 Å². The molecule has 1 rings (SSSR count). The molecular weight excluding hydrogens is 184 g/mol. The third-order valence-electron chi connectivity index (χ3n) is 2.39. The van der Waals surface area contributed by atoms with Crippen LogP contribution in [0.25, 0.3) is 0 Å². The molecule has 0 saturated carbocycles. The first kappa shape index (κ1) is 11.1. The molecule has 3 heteroatoms. The Balaban J connectivity index is 3.00. The van der Waals surface area contributed by atoms with E-state index in [9.17, 15) is 8.78 Å². The number of halogens is 2. The van der Waals surface area contributed by atoms with Crippen LogP contribution >= 0.6 is 0 Å². The molecule has 0 heterocycles. The molecule has 1 atom stereocenters. The Morgan fingerprint density at radius 2 is 1.93 bits per heavy atom. The smallest absolute Gasteiger partial charge is 0.134 e. The Labute approximate surface area is 82.9 Å². The summed E-state index contributed by atoms with van der Waals surface area (Å²) in [5.41, 5.74) is 4.78. The number of alkyl halides is 1. The van der Waals surface area contributed by atoms with Gasteiger partial charge in [0.1, 0.15) is 12.0 Å². The summed E-state index contributed by atoms with van der Waals surface area (Å²) in [6.45, 7) is 3.55. The summed E-state index contributed by atoms with van der Waals surface area (Å²) in [5.74, 6) is -0.512. The monoisotopic (exact) mass is 199 g/mol. The van der Waals surface area contributed by atoms with E-state index in [4.69, 9.17) is 5.73 Å². The van der Waals surface area contributed by atoms with Gasteiger partial charge in [0.05, 0.1) is 0 Å². The van der Waals surface area contributed by atoms with Crippen molar-refractivity contribution in [3.63, 3.8) is 0 Å². The van der Waals surface area contributed by atoms with Gasteiger partial charge in [-0.25, -0.2) is 8.78 Å². The van der Waals surface area contributed by atoms with Crippen molar-refractivity contribution in [1.29, 1.82) is 0 Å². The zero-order chi connectivity index (χ0) is 10.8. The molecule has 0 fully saturated rings. The molecule has 0 radical (unpaired) electrons. The summed E-state index contributed by atoms with van der Waals surface area (Å²) in [6.07, 6.45) is -1.37. The Morgan fingerprint density at radius 1 is 1.36 bits per heavy atom. The van der Waals surface area contributed by atoms with E-state index in [1.54, 1.807) is 26.0 Å². The van der Waals surface area contributed by atoms with Gasteiger partial charge in [0.15, 0.2) is 0 Å². The van der Waals surface area contributed by atoms with E-state index in [-0.39, 0.29) is 12.1 Å². The summed E-state index contributed by atoms with van der Waals surface area (Å²) < 4.78 is 27.1. The van der Waals surface area contributed by atoms with Gasteiger partial charge >= 0.3 is 0 Å². The van der Waals surface area contributed by atoms with Crippen LogP contribution in [-0.2, 0) is 0 Å². The lowest BCUT2D eigenvalue weighted by molar-refractivity contribution is 0.148. The first-order valence-electron chi connectivity index (χ1n) is 4.57. The van der Waals surface area contributed by atoms with E-state index in [2.05, 4.69) is 0 Å². The third-order valence-corrected chi connectivity index (χ3v) is 2.39. The van der Waals surface area contributed by atoms with Crippen molar-refractivity contribution >= 4 is 0 Å². The number of benzene rings is 1. The van der Waals surface area contributed by atoms with Gasteiger partial charge in [0.2, 0.25) is 0 Å². The largest absolute Gasteiger partial charge is 0.330 e. The maximum Gasteiger partial charge on any atom is 0.134 e. The van der Waals surface area contributed by atoms with E-state index in [0.717, 1.165) is 0 Å². The Hall–Kier alpha value is -0.960. The average Bonchev–Trinajstić information content (AvgIpc) is 2.17. The van der Waals surface area contributed by atoms with Crippen molar-refractivity contribution in [3.8, 4) is 0 Å². The topological polar surface area (TPSA) is 26.0 Å². The number of nitrogens with two attached hydrogens (primary N) is 1. The summed E-state index contributed by atoms with van der Waals surface area (Å²) in [7, 11) is 0. The molecule has 14 heavy (non-hydrogen) atoms. The predicted octanol–water partition coefficient (Wildman–Crippen LogP) is 2.82. The first-order chi connectivity index (χ1) is 6.49. The standard InChI is InChI=1S/C11H15F2N/c1-11(2,7-14)10(13)8-5-3-4-6-9(8)12/h3-6,10H,7,14H2,1-2H3. The molecule has 0 aromatic heterocycles. The van der Waals surface area contributed by atoms with Crippen molar-refractivity contribution in [2.24, 2.45) is 11.1 Å². The van der Waals surface area contributed by atoms with E-state index in [1.165, 1.54) is 12.1 Å². The van der Waals surface area contributed by atoms with Gasteiger partial charge < -0.3 is 5.73 Å². The predicted molar refractivity (Wildman–Crippen MR) is 53.1 cm³/mol. The van der Waals surface area contributed by atoms with E-state index >= 15 is 0 Å². The van der Waals surface area contributed by atoms with Crippen LogP contribution in [-0.4, -0.2) is 6.54 Å². The second-order valence-electron chi connectivity index (χ2n) is 4.08. The number of rotatable bonds is 3. The van der Waals surface area contributed by atoms with Crippen LogP contribution in [0.1, 0.15) is 25.6 Å². The van der Waals surface area contributed by atoms with Gasteiger partial charge in [-0.2, -0.15) is 0 Å². The van der Waals surface area contributed by atoms with Crippen LogP contribution in [0.5, 0.6) is 0 Å². The Kier molecular flexibility index (Phi) is 3.21. The first-order valence-corrected chi connectivity index (χ1v) is 4.57. The third kappa shape index (κ3) is 2.10. The highest BCUT2D eigenvalue weighted by atomic mass is 19.1. The van der Waals surface area contributed by atoms with Crippen molar-refractivity contribution in [2.45, 2.75) is 20.0 Å². The lowest BCUT2D eigenvalue weighted by Gasteiger charge is -2.27. The second-order valence-corrected chi connectivity index (χ2v) is 4.08. The fourth-order valence-corrected chi connectivity index (χ4v) is 1.21. The lowest BCUT2D eigenvalue weighted by Crippen LogP contribution is -2.29. The number of hydrogen-bond acceptors (Lipinski definition) is 1. The van der Waals surface area contributed by atoms with Crippen molar-refractivity contribution in [2.75, 3.05) is 6.54 Å². The van der Waals surface area contributed by atoms with Gasteiger partial charge in [-0.1, -0.05) is 32.0 Å². The van der Waals surface area contributed by atoms with E-state index < -0.39 is 17.4 Å². The molecule has 0 aliphatic rings. The van der Waals surface area contributed by atoms with Gasteiger partial charge in [0, 0.05) is 17.5 Å². The normalized spacial score (nSPS) is 14.1. The van der Waals surface area contributed by atoms with Gasteiger partial charge in [-0.15, -0.1) is 0 Å². The van der Waals surface area contributed by atoms with Crippen molar-refractivity contribution in [1.82, 2.24) is 0 Å². The summed E-state index contributed by atoms with van der Waals surface area (Å²) in [5, 5.41) is 0. The van der Waals surface area contributed by atoms with Crippen molar-refractivity contribution in [3.05, 3.63) is 35.6 Å². The highest BCUT2D eigenvalue weighted by Crippen LogP contribution is 2.36. The Bertz CT molecular complexity index is 310. The molecule has 1 aromatic rings. The second kappa shape index (κ2) is 4.05. The Morgan fingerprint density at radius 3 is 2.43 bits per heavy atom. The van der Waals surface area contributed by atoms with Crippen LogP contribution in [0.15, 0.2) is 24.3 Å². The zero-order valence-electron chi connectivity index (χ0n) is 8.43. The van der Waals surface area contributed by atoms with Gasteiger partial charge in [-0.3, -0.25) is 0 Å². The van der Waals surface area contributed by atoms with Crippen LogP contribution in [0.4, 0.5) is 8.78 Å². The molecule has 0 amide bonds. The highest BCUT2D eigenvalue weighted by molar-refractivity contribution is 5.21.